The summed E-state index contributed by atoms with van der Waals surface area (Å²) in [6.45, 7) is 6.72. The van der Waals surface area contributed by atoms with Gasteiger partial charge in [-0.2, -0.15) is 5.26 Å². The smallest absolute Gasteiger partial charge is 0.152 e. The molecule has 0 saturated carbocycles. The van der Waals surface area contributed by atoms with E-state index >= 15 is 0 Å². The average Bonchev–Trinajstić information content (AvgIpc) is 2.90. The van der Waals surface area contributed by atoms with E-state index in [4.69, 9.17) is 5.26 Å². The molecule has 1 aliphatic heterocycles. The Bertz CT molecular complexity index is 649. The lowest BCUT2D eigenvalue weighted by molar-refractivity contribution is 0.529. The van der Waals surface area contributed by atoms with Crippen molar-refractivity contribution < 1.29 is 0 Å². The van der Waals surface area contributed by atoms with Gasteiger partial charge in [-0.1, -0.05) is 13.8 Å². The lowest BCUT2D eigenvalue weighted by Gasteiger charge is -2.29. The Morgan fingerprint density at radius 2 is 2.10 bits per heavy atom. The van der Waals surface area contributed by atoms with Gasteiger partial charge in [0, 0.05) is 25.2 Å². The van der Waals surface area contributed by atoms with Gasteiger partial charge in [-0.25, -0.2) is 4.98 Å². The lowest BCUT2D eigenvalue weighted by Crippen LogP contribution is -2.35. The summed E-state index contributed by atoms with van der Waals surface area (Å²) in [4.78, 5) is 6.50. The molecule has 3 rings (SSSR count). The van der Waals surface area contributed by atoms with Gasteiger partial charge in [0.25, 0.3) is 0 Å². The Hall–Kier alpha value is -2.42. The molecule has 20 heavy (non-hydrogen) atoms. The fourth-order valence-electron chi connectivity index (χ4n) is 2.44. The Balaban J connectivity index is 1.83. The van der Waals surface area contributed by atoms with Crippen molar-refractivity contribution in [2.75, 3.05) is 11.4 Å². The third-order valence-corrected chi connectivity index (χ3v) is 3.50. The monoisotopic (exact) mass is 268 g/mol. The Labute approximate surface area is 117 Å². The maximum atomic E-state index is 8.80. The molecular formula is C14H16N6. The molecule has 6 heteroatoms. The van der Waals surface area contributed by atoms with Crippen LogP contribution in [0.3, 0.4) is 0 Å². The minimum atomic E-state index is 0.385. The Morgan fingerprint density at radius 3 is 2.75 bits per heavy atom. The Morgan fingerprint density at radius 1 is 1.25 bits per heavy atom. The van der Waals surface area contributed by atoms with E-state index < -0.39 is 0 Å². The summed E-state index contributed by atoms with van der Waals surface area (Å²) in [5, 5.41) is 17.4. The van der Waals surface area contributed by atoms with Crippen molar-refractivity contribution in [1.82, 2.24) is 19.7 Å². The number of anilines is 1. The zero-order valence-electron chi connectivity index (χ0n) is 11.6. The number of aromatic nitrogens is 4. The lowest BCUT2D eigenvalue weighted by atomic mass is 10.2. The zero-order chi connectivity index (χ0) is 14.1. The van der Waals surface area contributed by atoms with Crippen molar-refractivity contribution in [2.24, 2.45) is 0 Å². The highest BCUT2D eigenvalue weighted by Crippen LogP contribution is 2.21. The van der Waals surface area contributed by atoms with Crippen molar-refractivity contribution in [1.29, 1.82) is 5.26 Å². The third-order valence-electron chi connectivity index (χ3n) is 3.50. The average molecular weight is 268 g/mol. The van der Waals surface area contributed by atoms with Crippen LogP contribution in [0.25, 0.3) is 0 Å². The van der Waals surface area contributed by atoms with Gasteiger partial charge in [0.2, 0.25) is 0 Å². The molecule has 0 radical (unpaired) electrons. The summed E-state index contributed by atoms with van der Waals surface area (Å²) < 4.78 is 2.20. The van der Waals surface area contributed by atoms with Crippen LogP contribution in [0.1, 0.15) is 37.0 Å². The van der Waals surface area contributed by atoms with Crippen LogP contribution in [0.2, 0.25) is 0 Å². The van der Waals surface area contributed by atoms with Gasteiger partial charge in [-0.15, -0.1) is 10.2 Å². The summed E-state index contributed by atoms with van der Waals surface area (Å²) in [6.07, 6.45) is 1.61. The fraction of sp³-hybridized carbons (Fsp3) is 0.429. The molecule has 0 spiro atoms. The predicted octanol–water partition coefficient (Wildman–Crippen LogP) is 1.69. The van der Waals surface area contributed by atoms with Crippen molar-refractivity contribution in [2.45, 2.75) is 32.9 Å². The summed E-state index contributed by atoms with van der Waals surface area (Å²) in [5.74, 6) is 3.29. The number of nitrogens with zero attached hydrogens (tertiary/aromatic N) is 6. The van der Waals surface area contributed by atoms with E-state index in [0.717, 1.165) is 30.6 Å². The van der Waals surface area contributed by atoms with Crippen molar-refractivity contribution in [3.63, 3.8) is 0 Å². The second-order valence-electron chi connectivity index (χ2n) is 5.22. The molecule has 0 saturated heterocycles. The summed E-state index contributed by atoms with van der Waals surface area (Å²) >= 11 is 0. The minimum absolute atomic E-state index is 0.385. The highest BCUT2D eigenvalue weighted by molar-refractivity contribution is 5.42. The van der Waals surface area contributed by atoms with Crippen LogP contribution in [0.15, 0.2) is 18.3 Å². The Kier molecular flexibility index (Phi) is 3.11. The van der Waals surface area contributed by atoms with E-state index in [2.05, 4.69) is 44.6 Å². The molecule has 0 bridgehead atoms. The zero-order valence-corrected chi connectivity index (χ0v) is 11.6. The van der Waals surface area contributed by atoms with Gasteiger partial charge >= 0.3 is 0 Å². The van der Waals surface area contributed by atoms with Gasteiger partial charge < -0.3 is 9.47 Å². The van der Waals surface area contributed by atoms with Gasteiger partial charge in [0.15, 0.2) is 5.82 Å². The summed E-state index contributed by atoms with van der Waals surface area (Å²) in [5.41, 5.74) is 0.580. The van der Waals surface area contributed by atoms with Gasteiger partial charge in [0.05, 0.1) is 12.1 Å². The predicted molar refractivity (Wildman–Crippen MR) is 74.1 cm³/mol. The molecule has 2 aromatic rings. The molecule has 102 valence electrons. The van der Waals surface area contributed by atoms with E-state index in [9.17, 15) is 0 Å². The molecule has 0 fully saturated rings. The van der Waals surface area contributed by atoms with E-state index in [1.54, 1.807) is 12.3 Å². The van der Waals surface area contributed by atoms with Crippen LogP contribution in [-0.2, 0) is 13.1 Å². The standard InChI is InChI=1S/C14H16N6/c1-10(2)14-18-17-13-9-19(5-6-20(13)14)12-4-3-11(7-15)8-16-12/h3-4,8,10H,5-6,9H2,1-2H3. The van der Waals surface area contributed by atoms with Crippen LogP contribution in [-0.4, -0.2) is 26.3 Å². The minimum Gasteiger partial charge on any atom is -0.347 e. The molecule has 0 unspecified atom stereocenters. The van der Waals surface area contributed by atoms with E-state index in [1.165, 1.54) is 0 Å². The fourth-order valence-corrected chi connectivity index (χ4v) is 2.44. The summed E-state index contributed by atoms with van der Waals surface area (Å²) in [7, 11) is 0. The third kappa shape index (κ3) is 2.11. The SMILES string of the molecule is CC(C)c1nnc2n1CCN(c1ccc(C#N)cn1)C2. The quantitative estimate of drug-likeness (QED) is 0.828. The number of hydrogen-bond donors (Lipinski definition) is 0. The maximum absolute atomic E-state index is 8.80. The molecule has 0 amide bonds. The van der Waals surface area contributed by atoms with Crippen LogP contribution in [0.5, 0.6) is 0 Å². The van der Waals surface area contributed by atoms with Crippen LogP contribution in [0, 0.1) is 11.3 Å². The van der Waals surface area contributed by atoms with Crippen LogP contribution >= 0.6 is 0 Å². The van der Waals surface area contributed by atoms with Crippen molar-refractivity contribution in [3.8, 4) is 6.07 Å². The maximum Gasteiger partial charge on any atom is 0.152 e. The molecule has 0 atom stereocenters. The first-order valence-electron chi connectivity index (χ1n) is 6.72. The second kappa shape index (κ2) is 4.93. The molecular weight excluding hydrogens is 252 g/mol. The molecule has 2 aromatic heterocycles. The highest BCUT2D eigenvalue weighted by atomic mass is 15.3. The molecule has 0 aliphatic carbocycles. The molecule has 1 aliphatic rings. The molecule has 3 heterocycles. The van der Waals surface area contributed by atoms with E-state index in [-0.39, 0.29) is 0 Å². The van der Waals surface area contributed by atoms with Gasteiger partial charge in [-0.3, -0.25) is 0 Å². The number of hydrogen-bond acceptors (Lipinski definition) is 5. The van der Waals surface area contributed by atoms with Crippen molar-refractivity contribution in [3.05, 3.63) is 35.5 Å². The first-order valence-corrected chi connectivity index (χ1v) is 6.72. The summed E-state index contributed by atoms with van der Waals surface area (Å²) in [6, 6.07) is 5.76. The highest BCUT2D eigenvalue weighted by Gasteiger charge is 2.22. The van der Waals surface area contributed by atoms with Crippen LogP contribution < -0.4 is 4.90 Å². The first-order chi connectivity index (χ1) is 9.69. The second-order valence-corrected chi connectivity index (χ2v) is 5.22. The largest absolute Gasteiger partial charge is 0.347 e. The van der Waals surface area contributed by atoms with E-state index in [1.807, 2.05) is 6.07 Å². The molecule has 0 aromatic carbocycles. The number of fused-ring (bicyclic) bond motifs is 1. The molecule has 6 nitrogen and oxygen atoms in total. The molecule has 0 N–H and O–H groups in total. The first kappa shape index (κ1) is 12.6. The topological polar surface area (TPSA) is 70.6 Å². The number of pyridine rings is 1. The van der Waals surface area contributed by atoms with E-state index in [0.29, 0.717) is 18.0 Å². The number of rotatable bonds is 2. The number of nitriles is 1. The van der Waals surface area contributed by atoms with Crippen molar-refractivity contribution >= 4 is 5.82 Å². The van der Waals surface area contributed by atoms with Gasteiger partial charge in [-0.05, 0) is 12.1 Å². The van der Waals surface area contributed by atoms with Gasteiger partial charge in [0.1, 0.15) is 17.7 Å². The normalized spacial score (nSPS) is 14.2. The van der Waals surface area contributed by atoms with Crippen LogP contribution in [0.4, 0.5) is 5.82 Å².